The summed E-state index contributed by atoms with van der Waals surface area (Å²) in [7, 11) is 1.64. The van der Waals surface area contributed by atoms with Crippen LogP contribution < -0.4 is 4.74 Å². The fourth-order valence-electron chi connectivity index (χ4n) is 5.00. The van der Waals surface area contributed by atoms with Crippen molar-refractivity contribution in [2.45, 2.75) is 43.0 Å². The molecule has 35 heavy (non-hydrogen) atoms. The van der Waals surface area contributed by atoms with Crippen molar-refractivity contribution in [2.75, 3.05) is 26.0 Å². The van der Waals surface area contributed by atoms with Crippen molar-refractivity contribution in [3.05, 3.63) is 65.9 Å². The van der Waals surface area contributed by atoms with Crippen molar-refractivity contribution in [2.24, 2.45) is 5.92 Å². The second-order valence-corrected chi connectivity index (χ2v) is 10.1. The van der Waals surface area contributed by atoms with Gasteiger partial charge in [-0.15, -0.1) is 11.8 Å². The minimum Gasteiger partial charge on any atom is -0.497 e. The number of methoxy groups -OCH3 is 1. The van der Waals surface area contributed by atoms with Gasteiger partial charge in [0.1, 0.15) is 17.4 Å². The second kappa shape index (κ2) is 11.8. The Kier molecular flexibility index (Phi) is 8.57. The number of aliphatic carboxylic acids is 1. The van der Waals surface area contributed by atoms with Gasteiger partial charge in [-0.2, -0.15) is 0 Å². The van der Waals surface area contributed by atoms with Gasteiger partial charge >= 0.3 is 5.97 Å². The first-order valence-electron chi connectivity index (χ1n) is 11.9. The summed E-state index contributed by atoms with van der Waals surface area (Å²) in [6.07, 6.45) is 5.76. The molecule has 2 heterocycles. The first-order valence-corrected chi connectivity index (χ1v) is 12.9. The number of nitrogens with zero attached hydrogens (tertiary/aromatic N) is 2. The van der Waals surface area contributed by atoms with Crippen LogP contribution in [0.15, 0.2) is 53.6 Å². The molecule has 0 aliphatic carbocycles. The van der Waals surface area contributed by atoms with Crippen LogP contribution in [0.3, 0.4) is 0 Å². The number of aromatic nitrogens is 1. The van der Waals surface area contributed by atoms with Crippen molar-refractivity contribution in [3.8, 4) is 5.75 Å². The average molecular weight is 501 g/mol. The first-order chi connectivity index (χ1) is 16.9. The number of aryl methyl sites for hydroxylation is 1. The van der Waals surface area contributed by atoms with E-state index in [9.17, 15) is 18.7 Å². The van der Waals surface area contributed by atoms with Gasteiger partial charge in [-0.25, -0.2) is 8.78 Å². The molecule has 186 valence electrons. The molecule has 0 saturated carbocycles. The molecule has 0 radical (unpaired) electrons. The van der Waals surface area contributed by atoms with Crippen molar-refractivity contribution >= 4 is 28.6 Å². The van der Waals surface area contributed by atoms with E-state index in [0.717, 1.165) is 54.9 Å². The summed E-state index contributed by atoms with van der Waals surface area (Å²) >= 11 is 1.39. The standard InChI is InChI=1S/C27H30F2N2O3S/c1-34-21-7-8-25-24(17-21)18(9-10-30-25)4-2-6-26-23(27(32)33)5-3-11-31(26)12-13-35-22-15-19(28)14-20(29)16-22/h7-10,14-17,23,26H,2-6,11-13H2,1H3,(H,32,33). The Morgan fingerprint density at radius 2 is 2.00 bits per heavy atom. The van der Waals surface area contributed by atoms with Gasteiger partial charge in [-0.1, -0.05) is 0 Å². The van der Waals surface area contributed by atoms with E-state index in [1.54, 1.807) is 7.11 Å². The number of carbonyl (C=O) groups is 1. The average Bonchev–Trinajstić information content (AvgIpc) is 2.83. The summed E-state index contributed by atoms with van der Waals surface area (Å²) < 4.78 is 32.4. The van der Waals surface area contributed by atoms with Crippen molar-refractivity contribution < 1.29 is 23.4 Å². The number of likely N-dealkylation sites (tertiary alicyclic amines) is 1. The highest BCUT2D eigenvalue weighted by Gasteiger charge is 2.35. The van der Waals surface area contributed by atoms with Crippen LogP contribution in [-0.2, 0) is 11.2 Å². The van der Waals surface area contributed by atoms with Crippen LogP contribution in [-0.4, -0.2) is 53.0 Å². The summed E-state index contributed by atoms with van der Waals surface area (Å²) in [5, 5.41) is 10.9. The van der Waals surface area contributed by atoms with E-state index in [0.29, 0.717) is 23.6 Å². The molecule has 0 spiro atoms. The molecule has 1 saturated heterocycles. The van der Waals surface area contributed by atoms with E-state index >= 15 is 0 Å². The van der Waals surface area contributed by atoms with E-state index in [4.69, 9.17) is 4.74 Å². The van der Waals surface area contributed by atoms with E-state index in [-0.39, 0.29) is 6.04 Å². The molecule has 2 unspecified atom stereocenters. The first kappa shape index (κ1) is 25.4. The van der Waals surface area contributed by atoms with Crippen molar-refractivity contribution in [3.63, 3.8) is 0 Å². The highest BCUT2D eigenvalue weighted by atomic mass is 32.2. The van der Waals surface area contributed by atoms with Gasteiger partial charge in [0.05, 0.1) is 18.5 Å². The van der Waals surface area contributed by atoms with E-state index in [1.165, 1.54) is 29.5 Å². The molecule has 0 amide bonds. The Labute approximate surface area is 208 Å². The summed E-state index contributed by atoms with van der Waals surface area (Å²) in [5.74, 6) is -0.910. The highest BCUT2D eigenvalue weighted by Crippen LogP contribution is 2.30. The van der Waals surface area contributed by atoms with Crippen LogP contribution in [0.4, 0.5) is 8.78 Å². The van der Waals surface area contributed by atoms with E-state index in [1.807, 2.05) is 30.5 Å². The summed E-state index contributed by atoms with van der Waals surface area (Å²) in [6.45, 7) is 1.51. The smallest absolute Gasteiger partial charge is 0.308 e. The zero-order valence-corrected chi connectivity index (χ0v) is 20.6. The van der Waals surface area contributed by atoms with Gasteiger partial charge in [-0.05, 0) is 80.6 Å². The lowest BCUT2D eigenvalue weighted by atomic mass is 9.85. The number of ether oxygens (including phenoxy) is 1. The van der Waals surface area contributed by atoms with Crippen LogP contribution >= 0.6 is 11.8 Å². The monoisotopic (exact) mass is 500 g/mol. The van der Waals surface area contributed by atoms with Gasteiger partial charge in [-0.3, -0.25) is 14.7 Å². The number of pyridine rings is 1. The second-order valence-electron chi connectivity index (χ2n) is 8.89. The van der Waals surface area contributed by atoms with E-state index in [2.05, 4.69) is 9.88 Å². The topological polar surface area (TPSA) is 62.7 Å². The maximum Gasteiger partial charge on any atom is 0.308 e. The lowest BCUT2D eigenvalue weighted by Crippen LogP contribution is -2.48. The number of fused-ring (bicyclic) bond motifs is 1. The Morgan fingerprint density at radius 3 is 2.74 bits per heavy atom. The maximum atomic E-state index is 13.5. The molecule has 0 bridgehead atoms. The molecule has 4 rings (SSSR count). The maximum absolute atomic E-state index is 13.5. The number of hydrogen-bond donors (Lipinski definition) is 1. The van der Waals surface area contributed by atoms with Crippen molar-refractivity contribution in [1.29, 1.82) is 0 Å². The lowest BCUT2D eigenvalue weighted by molar-refractivity contribution is -0.146. The molecular weight excluding hydrogens is 470 g/mol. The SMILES string of the molecule is COc1ccc2nccc(CCCC3C(C(=O)O)CCCN3CCSc3cc(F)cc(F)c3)c2c1. The van der Waals surface area contributed by atoms with Crippen LogP contribution in [0.25, 0.3) is 10.9 Å². The predicted octanol–water partition coefficient (Wildman–Crippen LogP) is 5.80. The van der Waals surface area contributed by atoms with Gasteiger partial charge < -0.3 is 9.84 Å². The molecule has 8 heteroatoms. The third-order valence-electron chi connectivity index (χ3n) is 6.68. The third-order valence-corrected chi connectivity index (χ3v) is 7.64. The molecule has 1 aliphatic heterocycles. The number of carboxylic acids is 1. The zero-order chi connectivity index (χ0) is 24.8. The van der Waals surface area contributed by atoms with E-state index < -0.39 is 23.5 Å². The number of piperidine rings is 1. The van der Waals surface area contributed by atoms with Crippen molar-refractivity contribution in [1.82, 2.24) is 9.88 Å². The fourth-order valence-corrected chi connectivity index (χ4v) is 5.95. The van der Waals surface area contributed by atoms with Gasteiger partial charge in [0, 0.05) is 40.9 Å². The molecule has 1 fully saturated rings. The number of benzene rings is 2. The molecule has 2 atom stereocenters. The van der Waals surface area contributed by atoms with Crippen LogP contribution in [0.5, 0.6) is 5.75 Å². The minimum absolute atomic E-state index is 0.0614. The molecule has 1 aliphatic rings. The fraction of sp³-hybridized carbons (Fsp3) is 0.407. The molecule has 1 N–H and O–H groups in total. The highest BCUT2D eigenvalue weighted by molar-refractivity contribution is 7.99. The number of thioether (sulfide) groups is 1. The summed E-state index contributed by atoms with van der Waals surface area (Å²) in [6, 6.07) is 11.3. The predicted molar refractivity (Wildman–Crippen MR) is 134 cm³/mol. The number of halogens is 2. The zero-order valence-electron chi connectivity index (χ0n) is 19.8. The summed E-state index contributed by atoms with van der Waals surface area (Å²) in [5.41, 5.74) is 2.09. The number of hydrogen-bond acceptors (Lipinski definition) is 5. The van der Waals surface area contributed by atoms with Crippen LogP contribution in [0.2, 0.25) is 0 Å². The normalized spacial score (nSPS) is 18.6. The Hall–Kier alpha value is -2.71. The summed E-state index contributed by atoms with van der Waals surface area (Å²) in [4.78, 5) is 19.3. The molecule has 3 aromatic rings. The molecule has 1 aromatic heterocycles. The molecular formula is C27H30F2N2O3S. The van der Waals surface area contributed by atoms with Gasteiger partial charge in [0.25, 0.3) is 0 Å². The third kappa shape index (κ3) is 6.49. The number of rotatable bonds is 10. The van der Waals surface area contributed by atoms with Gasteiger partial charge in [0.15, 0.2) is 0 Å². The van der Waals surface area contributed by atoms with Gasteiger partial charge in [0.2, 0.25) is 0 Å². The molecule has 5 nitrogen and oxygen atoms in total. The minimum atomic E-state index is -0.751. The Balaban J connectivity index is 1.41. The quantitative estimate of drug-likeness (QED) is 0.355. The Morgan fingerprint density at radius 1 is 1.20 bits per heavy atom. The lowest BCUT2D eigenvalue weighted by Gasteiger charge is -2.39. The van der Waals surface area contributed by atoms with Crippen LogP contribution in [0, 0.1) is 17.6 Å². The molecule has 2 aromatic carbocycles. The largest absolute Gasteiger partial charge is 0.497 e. The Bertz CT molecular complexity index is 1160. The number of carboxylic acid groups (broad SMARTS) is 1. The van der Waals surface area contributed by atoms with Crippen LogP contribution in [0.1, 0.15) is 31.2 Å².